The van der Waals surface area contributed by atoms with E-state index in [0.29, 0.717) is 0 Å². The van der Waals surface area contributed by atoms with Crippen molar-refractivity contribution in [2.75, 3.05) is 21.1 Å². The van der Waals surface area contributed by atoms with E-state index < -0.39 is 0 Å². The summed E-state index contributed by atoms with van der Waals surface area (Å²) in [5, 5.41) is 3.39. The molecule has 4 heteroatoms. The normalized spacial score (nSPS) is 27.9. The van der Waals surface area contributed by atoms with E-state index in [-0.39, 0.29) is 17.4 Å². The number of benzene rings is 1. The fourth-order valence-electron chi connectivity index (χ4n) is 3.71. The van der Waals surface area contributed by atoms with Gasteiger partial charge in [0.2, 0.25) is 0 Å². The zero-order chi connectivity index (χ0) is 15.6. The third kappa shape index (κ3) is 3.33. The Morgan fingerprint density at radius 3 is 2.48 bits per heavy atom. The van der Waals surface area contributed by atoms with Gasteiger partial charge in [-0.05, 0) is 70.9 Å². The summed E-state index contributed by atoms with van der Waals surface area (Å²) in [6.45, 7) is 2.31. The minimum atomic E-state index is -0.127. The van der Waals surface area contributed by atoms with Crippen molar-refractivity contribution in [2.45, 2.75) is 44.2 Å². The molecule has 1 unspecified atom stereocenters. The van der Waals surface area contributed by atoms with Gasteiger partial charge < -0.3 is 10.2 Å². The van der Waals surface area contributed by atoms with Crippen LogP contribution in [-0.2, 0) is 0 Å². The highest BCUT2D eigenvalue weighted by Gasteiger charge is 2.44. The molecule has 118 valence electrons. The first-order valence-electron chi connectivity index (χ1n) is 7.70. The van der Waals surface area contributed by atoms with Gasteiger partial charge in [0.1, 0.15) is 5.82 Å². The lowest BCUT2D eigenvalue weighted by Crippen LogP contribution is -2.55. The molecule has 2 nitrogen and oxygen atoms in total. The molecule has 1 N–H and O–H groups in total. The Morgan fingerprint density at radius 2 is 1.95 bits per heavy atom. The Balaban J connectivity index is 2.43. The fraction of sp³-hybridized carbons (Fsp3) is 0.647. The second kappa shape index (κ2) is 6.76. The van der Waals surface area contributed by atoms with Crippen LogP contribution in [0, 0.1) is 11.7 Å². The Bertz CT molecular complexity index is 482. The zero-order valence-electron chi connectivity index (χ0n) is 13.4. The van der Waals surface area contributed by atoms with E-state index in [1.165, 1.54) is 12.8 Å². The highest BCUT2D eigenvalue weighted by Crippen LogP contribution is 2.44. The first-order chi connectivity index (χ1) is 9.90. The summed E-state index contributed by atoms with van der Waals surface area (Å²) in [6, 6.07) is 5.23. The third-order valence-electron chi connectivity index (χ3n) is 5.13. The lowest BCUT2D eigenvalue weighted by molar-refractivity contribution is 0.0443. The molecule has 0 radical (unpaired) electrons. The van der Waals surface area contributed by atoms with Crippen molar-refractivity contribution in [3.8, 4) is 0 Å². The van der Waals surface area contributed by atoms with Gasteiger partial charge in [-0.25, -0.2) is 4.39 Å². The minimum absolute atomic E-state index is 0.00231. The van der Waals surface area contributed by atoms with E-state index in [1.54, 1.807) is 12.1 Å². The molecule has 0 amide bonds. The van der Waals surface area contributed by atoms with E-state index in [2.05, 4.69) is 47.2 Å². The molecule has 0 aliphatic heterocycles. The van der Waals surface area contributed by atoms with Crippen molar-refractivity contribution in [1.82, 2.24) is 10.2 Å². The van der Waals surface area contributed by atoms with Crippen LogP contribution in [0.3, 0.4) is 0 Å². The Labute approximate surface area is 136 Å². The summed E-state index contributed by atoms with van der Waals surface area (Å²) < 4.78 is 15.3. The summed E-state index contributed by atoms with van der Waals surface area (Å²) >= 11 is 3.47. The van der Waals surface area contributed by atoms with Crippen molar-refractivity contribution in [1.29, 1.82) is 0 Å². The van der Waals surface area contributed by atoms with E-state index in [9.17, 15) is 4.39 Å². The van der Waals surface area contributed by atoms with Crippen molar-refractivity contribution in [2.24, 2.45) is 5.92 Å². The van der Waals surface area contributed by atoms with E-state index >= 15 is 0 Å². The highest BCUT2D eigenvalue weighted by atomic mass is 79.9. The molecule has 1 aliphatic rings. The van der Waals surface area contributed by atoms with E-state index in [0.717, 1.165) is 28.8 Å². The van der Waals surface area contributed by atoms with Gasteiger partial charge in [-0.3, -0.25) is 0 Å². The third-order valence-corrected chi connectivity index (χ3v) is 5.62. The van der Waals surface area contributed by atoms with Crippen LogP contribution in [0.2, 0.25) is 0 Å². The summed E-state index contributed by atoms with van der Waals surface area (Å²) in [5.74, 6) is 0.639. The van der Waals surface area contributed by atoms with Crippen molar-refractivity contribution >= 4 is 15.9 Å². The molecule has 1 saturated carbocycles. The Morgan fingerprint density at radius 1 is 1.33 bits per heavy atom. The highest BCUT2D eigenvalue weighted by molar-refractivity contribution is 9.10. The second-order valence-corrected chi connectivity index (χ2v) is 7.48. The number of likely N-dealkylation sites (N-methyl/N-ethyl adjacent to an activating group) is 2. The molecule has 1 atom stereocenters. The summed E-state index contributed by atoms with van der Waals surface area (Å²) in [7, 11) is 6.18. The Kier molecular flexibility index (Phi) is 5.44. The number of nitrogens with one attached hydrogen (secondary N) is 1. The van der Waals surface area contributed by atoms with Gasteiger partial charge in [0.05, 0.1) is 6.04 Å². The summed E-state index contributed by atoms with van der Waals surface area (Å²) in [6.07, 6.45) is 4.59. The summed E-state index contributed by atoms with van der Waals surface area (Å²) in [4.78, 5) is 2.29. The molecule has 0 spiro atoms. The standard InChI is InChI=1S/C17H26BrFN2/c1-12-7-9-17(10-8-12,21(3)4)16(20-2)14-11-13(18)5-6-15(14)19/h5-6,11-12,16,20H,7-10H2,1-4H3. The molecule has 1 aliphatic carbocycles. The van der Waals surface area contributed by atoms with Gasteiger partial charge >= 0.3 is 0 Å². The van der Waals surface area contributed by atoms with Gasteiger partial charge in [0, 0.05) is 15.6 Å². The van der Waals surface area contributed by atoms with Gasteiger partial charge in [-0.15, -0.1) is 0 Å². The minimum Gasteiger partial charge on any atom is -0.311 e. The van der Waals surface area contributed by atoms with Crippen LogP contribution in [-0.4, -0.2) is 31.6 Å². The fourth-order valence-corrected chi connectivity index (χ4v) is 4.08. The van der Waals surface area contributed by atoms with Crippen molar-refractivity contribution in [3.05, 3.63) is 34.1 Å². The molecule has 1 aromatic rings. The van der Waals surface area contributed by atoms with Crippen LogP contribution in [0.25, 0.3) is 0 Å². The van der Waals surface area contributed by atoms with Crippen LogP contribution >= 0.6 is 15.9 Å². The number of nitrogens with zero attached hydrogens (tertiary/aromatic N) is 1. The van der Waals surface area contributed by atoms with Crippen molar-refractivity contribution < 1.29 is 4.39 Å². The van der Waals surface area contributed by atoms with E-state index in [4.69, 9.17) is 0 Å². The van der Waals surface area contributed by atoms with Crippen LogP contribution in [0.1, 0.15) is 44.2 Å². The van der Waals surface area contributed by atoms with Crippen LogP contribution in [0.5, 0.6) is 0 Å². The molecule has 21 heavy (non-hydrogen) atoms. The topological polar surface area (TPSA) is 15.3 Å². The Hall–Kier alpha value is -0.450. The number of hydrogen-bond donors (Lipinski definition) is 1. The maximum Gasteiger partial charge on any atom is 0.128 e. The molecule has 0 heterocycles. The molecular weight excluding hydrogens is 331 g/mol. The lowest BCUT2D eigenvalue weighted by Gasteiger charge is -2.50. The molecule has 1 fully saturated rings. The zero-order valence-corrected chi connectivity index (χ0v) is 15.0. The largest absolute Gasteiger partial charge is 0.311 e. The van der Waals surface area contributed by atoms with Gasteiger partial charge in [0.15, 0.2) is 0 Å². The molecular formula is C17H26BrFN2. The van der Waals surface area contributed by atoms with E-state index in [1.807, 2.05) is 13.1 Å². The molecule has 0 saturated heterocycles. The first-order valence-corrected chi connectivity index (χ1v) is 8.49. The molecule has 1 aromatic carbocycles. The summed E-state index contributed by atoms with van der Waals surface area (Å²) in [5.41, 5.74) is 0.734. The van der Waals surface area contributed by atoms with Gasteiger partial charge in [-0.1, -0.05) is 22.9 Å². The smallest absolute Gasteiger partial charge is 0.128 e. The number of halogens is 2. The number of rotatable bonds is 4. The SMILES string of the molecule is CNC(c1cc(Br)ccc1F)C1(N(C)C)CCC(C)CC1. The molecule has 2 rings (SSSR count). The molecule has 0 bridgehead atoms. The average Bonchev–Trinajstić information content (AvgIpc) is 2.45. The van der Waals surface area contributed by atoms with Crippen LogP contribution in [0.15, 0.2) is 22.7 Å². The maximum absolute atomic E-state index is 14.4. The van der Waals surface area contributed by atoms with Crippen LogP contribution < -0.4 is 5.32 Å². The molecule has 0 aromatic heterocycles. The maximum atomic E-state index is 14.4. The monoisotopic (exact) mass is 356 g/mol. The predicted octanol–water partition coefficient (Wildman–Crippen LogP) is 4.36. The first kappa shape index (κ1) is 16.9. The average molecular weight is 357 g/mol. The lowest BCUT2D eigenvalue weighted by atomic mass is 9.70. The van der Waals surface area contributed by atoms with Crippen LogP contribution in [0.4, 0.5) is 4.39 Å². The number of hydrogen-bond acceptors (Lipinski definition) is 2. The quantitative estimate of drug-likeness (QED) is 0.861. The van der Waals surface area contributed by atoms with Crippen molar-refractivity contribution in [3.63, 3.8) is 0 Å². The van der Waals surface area contributed by atoms with Gasteiger partial charge in [0.25, 0.3) is 0 Å². The van der Waals surface area contributed by atoms with Gasteiger partial charge in [-0.2, -0.15) is 0 Å². The predicted molar refractivity (Wildman–Crippen MR) is 90.0 cm³/mol. The second-order valence-electron chi connectivity index (χ2n) is 6.57.